The Morgan fingerprint density at radius 3 is 2.24 bits per heavy atom. The van der Waals surface area contributed by atoms with Gasteiger partial charge in [-0.2, -0.15) is 0 Å². The highest BCUT2D eigenvalue weighted by Crippen LogP contribution is 2.23. The lowest BCUT2D eigenvalue weighted by Crippen LogP contribution is -2.48. The summed E-state index contributed by atoms with van der Waals surface area (Å²) in [7, 11) is 2.08. The molecule has 1 amide bonds. The molecule has 1 fully saturated rings. The van der Waals surface area contributed by atoms with Crippen LogP contribution in [0, 0.1) is 0 Å². The number of carbonyl (C=O) groups excluding carboxylic acids is 1. The summed E-state index contributed by atoms with van der Waals surface area (Å²) in [6, 6.07) is 16.3. The Bertz CT molecular complexity index is 1010. The van der Waals surface area contributed by atoms with Crippen LogP contribution >= 0.6 is 0 Å². The van der Waals surface area contributed by atoms with Crippen molar-refractivity contribution in [3.05, 3.63) is 65.5 Å². The second-order valence-corrected chi connectivity index (χ2v) is 8.97. The van der Waals surface area contributed by atoms with Crippen molar-refractivity contribution in [3.63, 3.8) is 0 Å². The van der Waals surface area contributed by atoms with Crippen molar-refractivity contribution >= 4 is 16.9 Å². The fraction of sp³-hybridized carbons (Fsp3) is 0.417. The van der Waals surface area contributed by atoms with Crippen LogP contribution in [0.25, 0.3) is 11.0 Å². The predicted octanol–water partition coefficient (Wildman–Crippen LogP) is 3.83. The Labute approximate surface area is 172 Å². The third-order valence-corrected chi connectivity index (χ3v) is 5.90. The highest BCUT2D eigenvalue weighted by Gasteiger charge is 2.24. The van der Waals surface area contributed by atoms with Gasteiger partial charge in [-0.1, -0.05) is 45.0 Å². The lowest BCUT2D eigenvalue weighted by Gasteiger charge is -2.34. The van der Waals surface area contributed by atoms with Crippen LogP contribution in [-0.2, 0) is 19.0 Å². The molecule has 0 bridgehead atoms. The average Bonchev–Trinajstić information content (AvgIpc) is 3.03. The predicted molar refractivity (Wildman–Crippen MR) is 117 cm³/mol. The number of amides is 1. The van der Waals surface area contributed by atoms with E-state index < -0.39 is 0 Å². The molecule has 0 spiro atoms. The number of nitrogens with zero attached hydrogens (tertiary/aromatic N) is 4. The summed E-state index contributed by atoms with van der Waals surface area (Å²) < 4.78 is 2.17. The van der Waals surface area contributed by atoms with E-state index in [-0.39, 0.29) is 11.3 Å². The average molecular weight is 391 g/mol. The highest BCUT2D eigenvalue weighted by atomic mass is 16.2. The molecule has 4 rings (SSSR count). The topological polar surface area (TPSA) is 41.4 Å². The molecule has 0 atom stereocenters. The van der Waals surface area contributed by atoms with Gasteiger partial charge in [-0.05, 0) is 35.2 Å². The second-order valence-electron chi connectivity index (χ2n) is 8.97. The Morgan fingerprint density at radius 2 is 1.62 bits per heavy atom. The second kappa shape index (κ2) is 7.64. The molecule has 2 heterocycles. The van der Waals surface area contributed by atoms with Crippen LogP contribution in [0.1, 0.15) is 42.5 Å². The van der Waals surface area contributed by atoms with Crippen molar-refractivity contribution in [2.45, 2.75) is 32.7 Å². The molecule has 3 aromatic rings. The van der Waals surface area contributed by atoms with Gasteiger partial charge in [0.05, 0.1) is 17.6 Å². The maximum Gasteiger partial charge on any atom is 0.253 e. The zero-order valence-electron chi connectivity index (χ0n) is 17.9. The molecule has 5 heteroatoms. The molecular formula is C24H30N4O. The summed E-state index contributed by atoms with van der Waals surface area (Å²) in [5.41, 5.74) is 4.33. The van der Waals surface area contributed by atoms with E-state index in [1.165, 1.54) is 5.56 Å². The van der Waals surface area contributed by atoms with Gasteiger partial charge < -0.3 is 9.47 Å². The number of carbonyl (C=O) groups is 1. The first-order valence-electron chi connectivity index (χ1n) is 10.4. The molecule has 29 heavy (non-hydrogen) atoms. The van der Waals surface area contributed by atoms with Crippen LogP contribution in [0.15, 0.2) is 48.5 Å². The normalized spacial score (nSPS) is 15.8. The summed E-state index contributed by atoms with van der Waals surface area (Å²) in [6.07, 6.45) is 0. The number of imidazole rings is 1. The van der Waals surface area contributed by atoms with Gasteiger partial charge in [0.2, 0.25) is 0 Å². The standard InChI is InChI=1S/C24H30N4O/c1-24(2,3)19-11-9-18(10-12-19)23(29)28-15-13-27(14-16-28)17-22-25-20-7-5-6-8-21(20)26(22)4/h5-12H,13-17H2,1-4H3. The molecule has 1 aliphatic heterocycles. The highest BCUT2D eigenvalue weighted by molar-refractivity contribution is 5.94. The summed E-state index contributed by atoms with van der Waals surface area (Å²) in [5, 5.41) is 0. The maximum atomic E-state index is 12.9. The number of para-hydroxylation sites is 2. The fourth-order valence-electron chi connectivity index (χ4n) is 3.94. The van der Waals surface area contributed by atoms with Gasteiger partial charge in [0.1, 0.15) is 5.82 Å². The number of rotatable bonds is 3. The number of benzene rings is 2. The van der Waals surface area contributed by atoms with E-state index in [2.05, 4.69) is 61.6 Å². The van der Waals surface area contributed by atoms with E-state index in [0.717, 1.165) is 55.1 Å². The van der Waals surface area contributed by atoms with Crippen LogP contribution < -0.4 is 0 Å². The van der Waals surface area contributed by atoms with Crippen LogP contribution in [0.2, 0.25) is 0 Å². The van der Waals surface area contributed by atoms with Crippen LogP contribution in [-0.4, -0.2) is 51.4 Å². The summed E-state index contributed by atoms with van der Waals surface area (Å²) >= 11 is 0. The van der Waals surface area contributed by atoms with Crippen molar-refractivity contribution in [3.8, 4) is 0 Å². The van der Waals surface area contributed by atoms with E-state index in [4.69, 9.17) is 4.98 Å². The van der Waals surface area contributed by atoms with Crippen LogP contribution in [0.4, 0.5) is 0 Å². The van der Waals surface area contributed by atoms with E-state index in [1.807, 2.05) is 29.2 Å². The van der Waals surface area contributed by atoms with Crippen LogP contribution in [0.3, 0.4) is 0 Å². The summed E-state index contributed by atoms with van der Waals surface area (Å²) in [6.45, 7) is 10.6. The molecule has 0 unspecified atom stereocenters. The minimum Gasteiger partial charge on any atom is -0.336 e. The summed E-state index contributed by atoms with van der Waals surface area (Å²) in [5.74, 6) is 1.21. The van der Waals surface area contributed by atoms with Gasteiger partial charge in [-0.15, -0.1) is 0 Å². The molecule has 1 saturated heterocycles. The number of hydrogen-bond acceptors (Lipinski definition) is 3. The molecule has 2 aromatic carbocycles. The van der Waals surface area contributed by atoms with Gasteiger partial charge in [-0.25, -0.2) is 4.98 Å². The minimum atomic E-state index is 0.100. The number of aromatic nitrogens is 2. The third-order valence-electron chi connectivity index (χ3n) is 5.90. The van der Waals surface area contributed by atoms with Gasteiger partial charge in [0.25, 0.3) is 5.91 Å². The summed E-state index contributed by atoms with van der Waals surface area (Å²) in [4.78, 5) is 22.0. The third kappa shape index (κ3) is 4.06. The monoisotopic (exact) mass is 390 g/mol. The lowest BCUT2D eigenvalue weighted by molar-refractivity contribution is 0.0624. The largest absolute Gasteiger partial charge is 0.336 e. The molecule has 0 saturated carbocycles. The molecule has 0 aliphatic carbocycles. The van der Waals surface area contributed by atoms with E-state index in [9.17, 15) is 4.79 Å². The minimum absolute atomic E-state index is 0.100. The van der Waals surface area contributed by atoms with Gasteiger partial charge in [0.15, 0.2) is 0 Å². The lowest BCUT2D eigenvalue weighted by atomic mass is 9.86. The number of fused-ring (bicyclic) bond motifs is 1. The number of piperazine rings is 1. The molecule has 5 nitrogen and oxygen atoms in total. The van der Waals surface area contributed by atoms with Crippen molar-refractivity contribution in [2.75, 3.05) is 26.2 Å². The van der Waals surface area contributed by atoms with Crippen molar-refractivity contribution in [2.24, 2.45) is 7.05 Å². The van der Waals surface area contributed by atoms with Crippen molar-refractivity contribution < 1.29 is 4.79 Å². The van der Waals surface area contributed by atoms with Crippen LogP contribution in [0.5, 0.6) is 0 Å². The first kappa shape index (κ1) is 19.6. The Morgan fingerprint density at radius 1 is 0.966 bits per heavy atom. The Hall–Kier alpha value is -2.66. The Balaban J connectivity index is 1.37. The van der Waals surface area contributed by atoms with Gasteiger partial charge >= 0.3 is 0 Å². The zero-order valence-corrected chi connectivity index (χ0v) is 17.9. The Kier molecular flexibility index (Phi) is 5.17. The van der Waals surface area contributed by atoms with E-state index in [0.29, 0.717) is 0 Å². The zero-order chi connectivity index (χ0) is 20.6. The smallest absolute Gasteiger partial charge is 0.253 e. The maximum absolute atomic E-state index is 12.9. The van der Waals surface area contributed by atoms with Gasteiger partial charge in [0, 0.05) is 38.8 Å². The molecular weight excluding hydrogens is 360 g/mol. The van der Waals surface area contributed by atoms with Gasteiger partial charge in [-0.3, -0.25) is 9.69 Å². The SMILES string of the molecule is Cn1c(CN2CCN(C(=O)c3ccc(C(C)(C)C)cc3)CC2)nc2ccccc21. The van der Waals surface area contributed by atoms with Crippen molar-refractivity contribution in [1.29, 1.82) is 0 Å². The number of hydrogen-bond donors (Lipinski definition) is 0. The molecule has 0 N–H and O–H groups in total. The van der Waals surface area contributed by atoms with Crippen molar-refractivity contribution in [1.82, 2.24) is 19.4 Å². The molecule has 152 valence electrons. The molecule has 1 aromatic heterocycles. The first-order valence-corrected chi connectivity index (χ1v) is 10.4. The molecule has 1 aliphatic rings. The number of aryl methyl sites for hydroxylation is 1. The fourth-order valence-corrected chi connectivity index (χ4v) is 3.94. The first-order chi connectivity index (χ1) is 13.8. The molecule has 0 radical (unpaired) electrons. The van der Waals surface area contributed by atoms with E-state index >= 15 is 0 Å². The van der Waals surface area contributed by atoms with E-state index in [1.54, 1.807) is 0 Å². The quantitative estimate of drug-likeness (QED) is 0.683.